The first-order chi connectivity index (χ1) is 12.1. The summed E-state index contributed by atoms with van der Waals surface area (Å²) in [5.41, 5.74) is 7.30. The summed E-state index contributed by atoms with van der Waals surface area (Å²) in [6.07, 6.45) is 2.49. The van der Waals surface area contributed by atoms with Gasteiger partial charge in [-0.25, -0.2) is 0 Å². The molecule has 3 aromatic rings. The molecule has 0 aliphatic carbocycles. The zero-order valence-electron chi connectivity index (χ0n) is 15.5. The summed E-state index contributed by atoms with van der Waals surface area (Å²) in [5.74, 6) is 1.19. The van der Waals surface area contributed by atoms with E-state index >= 15 is 0 Å². The molecule has 3 aromatic carbocycles. The molecule has 0 amide bonds. The van der Waals surface area contributed by atoms with Crippen molar-refractivity contribution < 1.29 is 0 Å². The first kappa shape index (κ1) is 16.5. The maximum absolute atomic E-state index is 2.49. The molecule has 0 saturated heterocycles. The van der Waals surface area contributed by atoms with Crippen molar-refractivity contribution in [1.29, 1.82) is 0 Å². The van der Waals surface area contributed by atoms with Crippen LogP contribution in [0.4, 0.5) is 0 Å². The smallest absolute Gasteiger partial charge is 0.192 e. The Balaban J connectivity index is 2.10. The van der Waals surface area contributed by atoms with E-state index in [-0.39, 0.29) is 0 Å². The zero-order chi connectivity index (χ0) is 17.6. The number of hydrogen-bond donors (Lipinski definition) is 0. The lowest BCUT2D eigenvalue weighted by Gasteiger charge is -2.45. The molecule has 126 valence electrons. The van der Waals surface area contributed by atoms with Gasteiger partial charge in [-0.3, -0.25) is 0 Å². The van der Waals surface area contributed by atoms with Crippen molar-refractivity contribution in [2.24, 2.45) is 0 Å². The van der Waals surface area contributed by atoms with Crippen LogP contribution in [0.15, 0.2) is 76.5 Å². The molecular weight excluding hydrogens is 319 g/mol. The molecule has 4 rings (SSSR count). The molecule has 1 heterocycles. The van der Waals surface area contributed by atoms with Gasteiger partial charge in [0, 0.05) is 0 Å². The third kappa shape index (κ3) is 2.38. The van der Waals surface area contributed by atoms with Crippen LogP contribution in [0.5, 0.6) is 0 Å². The van der Waals surface area contributed by atoms with Crippen LogP contribution in [0.2, 0.25) is 0 Å². The van der Waals surface area contributed by atoms with Gasteiger partial charge in [-0.15, -0.1) is 0 Å². The summed E-state index contributed by atoms with van der Waals surface area (Å²) in [6, 6.07) is 25.0. The van der Waals surface area contributed by atoms with E-state index in [1.165, 1.54) is 33.3 Å². The highest BCUT2D eigenvalue weighted by Gasteiger charge is 2.39. The summed E-state index contributed by atoms with van der Waals surface area (Å²) < 4.78 is 0. The van der Waals surface area contributed by atoms with Crippen molar-refractivity contribution in [3.05, 3.63) is 77.9 Å². The highest BCUT2D eigenvalue weighted by molar-refractivity contribution is 8.33. The Morgan fingerprint density at radius 3 is 1.68 bits per heavy atom. The van der Waals surface area contributed by atoms with Crippen LogP contribution in [0, 0.1) is 13.8 Å². The van der Waals surface area contributed by atoms with E-state index in [9.17, 15) is 0 Å². The maximum atomic E-state index is 2.49. The van der Waals surface area contributed by atoms with E-state index in [1.807, 2.05) is 0 Å². The van der Waals surface area contributed by atoms with E-state index in [1.54, 1.807) is 9.79 Å². The lowest BCUT2D eigenvalue weighted by atomic mass is 9.35. The Hall–Kier alpha value is -1.93. The molecule has 0 radical (unpaired) electrons. The van der Waals surface area contributed by atoms with Gasteiger partial charge in [-0.05, 0) is 35.6 Å². The van der Waals surface area contributed by atoms with Crippen molar-refractivity contribution in [1.82, 2.24) is 0 Å². The van der Waals surface area contributed by atoms with Crippen molar-refractivity contribution in [2.75, 3.05) is 12.0 Å². The van der Waals surface area contributed by atoms with E-state index in [0.29, 0.717) is 6.71 Å². The number of rotatable bonds is 2. The average Bonchev–Trinajstić information content (AvgIpc) is 2.64. The first-order valence-corrected chi connectivity index (χ1v) is 11.3. The molecule has 0 atom stereocenters. The zero-order valence-corrected chi connectivity index (χ0v) is 16.4. The molecule has 0 unspecified atom stereocenters. The largest absolute Gasteiger partial charge is 0.244 e. The van der Waals surface area contributed by atoms with Gasteiger partial charge in [0.15, 0.2) is 0 Å². The van der Waals surface area contributed by atoms with Crippen molar-refractivity contribution >= 4 is 33.1 Å². The maximum Gasteiger partial charge on any atom is 0.244 e. The van der Waals surface area contributed by atoms with Gasteiger partial charge >= 0.3 is 0 Å². The van der Waals surface area contributed by atoms with Crippen LogP contribution in [0.1, 0.15) is 18.1 Å². The van der Waals surface area contributed by atoms with Crippen LogP contribution < -0.4 is 16.4 Å². The summed E-state index contributed by atoms with van der Waals surface area (Å²) in [7, 11) is -0.963. The van der Waals surface area contributed by atoms with E-state index < -0.39 is 10.0 Å². The van der Waals surface area contributed by atoms with Crippen LogP contribution in [0.3, 0.4) is 0 Å². The fourth-order valence-electron chi connectivity index (χ4n) is 4.45. The molecule has 1 aliphatic rings. The van der Waals surface area contributed by atoms with Crippen LogP contribution >= 0.6 is 10.0 Å². The van der Waals surface area contributed by atoms with Crippen molar-refractivity contribution in [2.45, 2.75) is 30.6 Å². The fourth-order valence-corrected chi connectivity index (χ4v) is 7.48. The second-order valence-corrected chi connectivity index (χ2v) is 10.8. The van der Waals surface area contributed by atoms with Crippen LogP contribution in [-0.4, -0.2) is 18.7 Å². The molecule has 0 saturated carbocycles. The second-order valence-electron chi connectivity index (χ2n) is 7.19. The molecule has 0 fully saturated rings. The van der Waals surface area contributed by atoms with Gasteiger partial charge in [-0.2, -0.15) is 10.0 Å². The van der Waals surface area contributed by atoms with E-state index in [4.69, 9.17) is 0 Å². The topological polar surface area (TPSA) is 0 Å². The van der Waals surface area contributed by atoms with Gasteiger partial charge in [-0.1, -0.05) is 101 Å². The number of hydrogen-bond acceptors (Lipinski definition) is 0. The molecule has 0 nitrogen and oxygen atoms in total. The standard InChI is InChI=1S/C23H25BS/c1-5-25(4)21-15-8-6-13-19(21)24(20-14-7-9-16-22(20)25)23-17(2)11-10-12-18(23)3/h6-16H,5H2,1-4H3. The third-order valence-corrected chi connectivity index (χ3v) is 9.68. The van der Waals surface area contributed by atoms with E-state index in [0.717, 1.165) is 0 Å². The molecule has 1 aliphatic heterocycles. The molecule has 0 N–H and O–H groups in total. The SMILES string of the molecule is CCS1(C)c2ccccc2B(c2c(C)cccc2C)c2ccccc21. The monoisotopic (exact) mass is 344 g/mol. The van der Waals surface area contributed by atoms with Crippen LogP contribution in [-0.2, 0) is 0 Å². The van der Waals surface area contributed by atoms with Gasteiger partial charge in [0.1, 0.15) is 0 Å². The number of aryl methyl sites for hydroxylation is 2. The van der Waals surface area contributed by atoms with Crippen molar-refractivity contribution in [3.63, 3.8) is 0 Å². The summed E-state index contributed by atoms with van der Waals surface area (Å²) in [6.45, 7) is 7.21. The highest BCUT2D eigenvalue weighted by atomic mass is 32.3. The lowest BCUT2D eigenvalue weighted by Crippen LogP contribution is -2.58. The predicted octanol–water partition coefficient (Wildman–Crippen LogP) is 4.01. The fraction of sp³-hybridized carbons (Fsp3) is 0.217. The molecule has 25 heavy (non-hydrogen) atoms. The minimum atomic E-state index is -0.963. The van der Waals surface area contributed by atoms with Gasteiger partial charge in [0.2, 0.25) is 6.71 Å². The Morgan fingerprint density at radius 1 is 0.720 bits per heavy atom. The predicted molar refractivity (Wildman–Crippen MR) is 114 cm³/mol. The van der Waals surface area contributed by atoms with E-state index in [2.05, 4.69) is 93.8 Å². The molecule has 0 aromatic heterocycles. The second kappa shape index (κ2) is 6.11. The summed E-state index contributed by atoms with van der Waals surface area (Å²) in [4.78, 5) is 3.15. The molecular formula is C23H25BS. The van der Waals surface area contributed by atoms with Gasteiger partial charge in [0.05, 0.1) is 0 Å². The molecule has 0 spiro atoms. The first-order valence-electron chi connectivity index (χ1n) is 9.08. The normalized spacial score (nSPS) is 16.1. The highest BCUT2D eigenvalue weighted by Crippen LogP contribution is 2.59. The minimum Gasteiger partial charge on any atom is -0.192 e. The van der Waals surface area contributed by atoms with Gasteiger partial charge < -0.3 is 0 Å². The average molecular weight is 344 g/mol. The van der Waals surface area contributed by atoms with Crippen LogP contribution in [0.25, 0.3) is 0 Å². The molecule has 2 heteroatoms. The Morgan fingerprint density at radius 2 is 1.20 bits per heavy atom. The summed E-state index contributed by atoms with van der Waals surface area (Å²) >= 11 is 0. The Bertz CT molecular complexity index is 877. The quantitative estimate of drug-likeness (QED) is 0.617. The minimum absolute atomic E-state index is 0.348. The Labute approximate surface area is 153 Å². The Kier molecular flexibility index (Phi) is 4.04. The van der Waals surface area contributed by atoms with Gasteiger partial charge in [0.25, 0.3) is 0 Å². The van der Waals surface area contributed by atoms with Crippen molar-refractivity contribution in [3.8, 4) is 0 Å². The number of benzene rings is 3. The number of fused-ring (bicyclic) bond motifs is 2. The summed E-state index contributed by atoms with van der Waals surface area (Å²) in [5, 5.41) is 0. The lowest BCUT2D eigenvalue weighted by molar-refractivity contribution is 1.32. The molecule has 0 bridgehead atoms. The third-order valence-electron chi connectivity index (χ3n) is 5.84.